The van der Waals surface area contributed by atoms with Crippen LogP contribution in [0.2, 0.25) is 5.02 Å². The van der Waals surface area contributed by atoms with E-state index in [1.165, 1.54) is 4.68 Å². The number of rotatable bonds is 2. The van der Waals surface area contributed by atoms with Crippen LogP contribution in [0.25, 0.3) is 5.69 Å². The van der Waals surface area contributed by atoms with E-state index in [1.807, 2.05) is 0 Å². The number of carboxylic acids is 1. The largest absolute Gasteiger partial charge is 0.475 e. The fourth-order valence-corrected chi connectivity index (χ4v) is 1.55. The van der Waals surface area contributed by atoms with E-state index in [9.17, 15) is 4.79 Å². The molecular weight excluding hydrogens is 230 g/mol. The van der Waals surface area contributed by atoms with Crippen molar-refractivity contribution in [2.24, 2.45) is 0 Å². The Bertz CT molecular complexity index is 551. The van der Waals surface area contributed by atoms with E-state index in [4.69, 9.17) is 16.7 Å². The van der Waals surface area contributed by atoms with Crippen LogP contribution < -0.4 is 0 Å². The van der Waals surface area contributed by atoms with E-state index in [1.54, 1.807) is 31.2 Å². The molecule has 0 saturated carbocycles. The SMILES string of the molecule is Cc1nc(C(=O)O)nn1-c1ccccc1Cl. The Morgan fingerprint density at radius 1 is 1.44 bits per heavy atom. The maximum atomic E-state index is 10.7. The normalized spacial score (nSPS) is 10.4. The lowest BCUT2D eigenvalue weighted by Crippen LogP contribution is -2.02. The van der Waals surface area contributed by atoms with Gasteiger partial charge in [-0.1, -0.05) is 23.7 Å². The van der Waals surface area contributed by atoms with Gasteiger partial charge >= 0.3 is 5.97 Å². The average Bonchev–Trinajstić information content (AvgIpc) is 2.61. The molecule has 0 unspecified atom stereocenters. The molecule has 0 atom stereocenters. The molecular formula is C10H8ClN3O2. The molecule has 1 aromatic heterocycles. The number of benzene rings is 1. The van der Waals surface area contributed by atoms with E-state index in [2.05, 4.69) is 10.1 Å². The Kier molecular flexibility index (Phi) is 2.62. The van der Waals surface area contributed by atoms with Gasteiger partial charge in [0.2, 0.25) is 0 Å². The van der Waals surface area contributed by atoms with Crippen molar-refractivity contribution in [2.45, 2.75) is 6.92 Å². The highest BCUT2D eigenvalue weighted by Gasteiger charge is 2.14. The van der Waals surface area contributed by atoms with Gasteiger partial charge in [-0.3, -0.25) is 0 Å². The summed E-state index contributed by atoms with van der Waals surface area (Å²) in [5.74, 6) is -0.920. The third kappa shape index (κ3) is 1.77. The van der Waals surface area contributed by atoms with Crippen molar-refractivity contribution in [1.82, 2.24) is 14.8 Å². The number of hydrogen-bond acceptors (Lipinski definition) is 3. The summed E-state index contributed by atoms with van der Waals surface area (Å²) in [6.45, 7) is 1.67. The first kappa shape index (κ1) is 10.6. The quantitative estimate of drug-likeness (QED) is 0.867. The molecule has 0 spiro atoms. The van der Waals surface area contributed by atoms with E-state index < -0.39 is 5.97 Å². The summed E-state index contributed by atoms with van der Waals surface area (Å²) in [6.07, 6.45) is 0. The third-order valence-electron chi connectivity index (χ3n) is 2.04. The zero-order valence-corrected chi connectivity index (χ0v) is 9.14. The monoisotopic (exact) mass is 237 g/mol. The standard InChI is InChI=1S/C10H8ClN3O2/c1-6-12-9(10(15)16)13-14(6)8-5-3-2-4-7(8)11/h2-5H,1H3,(H,15,16). The lowest BCUT2D eigenvalue weighted by molar-refractivity contribution is 0.0683. The Balaban J connectivity index is 2.57. The number of para-hydroxylation sites is 1. The molecule has 1 N–H and O–H groups in total. The summed E-state index contributed by atoms with van der Waals surface area (Å²) in [5.41, 5.74) is 0.613. The number of carboxylic acid groups (broad SMARTS) is 1. The molecule has 1 aromatic carbocycles. The van der Waals surface area contributed by atoms with Gasteiger partial charge in [0.1, 0.15) is 5.82 Å². The topological polar surface area (TPSA) is 68.0 Å². The molecule has 0 aliphatic carbocycles. The highest BCUT2D eigenvalue weighted by molar-refractivity contribution is 6.32. The number of aromatic carboxylic acids is 1. The summed E-state index contributed by atoms with van der Waals surface area (Å²) in [4.78, 5) is 14.5. The second-order valence-corrected chi connectivity index (χ2v) is 3.56. The molecule has 5 nitrogen and oxygen atoms in total. The van der Waals surface area contributed by atoms with Crippen LogP contribution in [0.15, 0.2) is 24.3 Å². The van der Waals surface area contributed by atoms with Crippen LogP contribution in [0.4, 0.5) is 0 Å². The molecule has 0 radical (unpaired) electrons. The first-order valence-corrected chi connectivity index (χ1v) is 4.89. The van der Waals surface area contributed by atoms with E-state index >= 15 is 0 Å². The smallest absolute Gasteiger partial charge is 0.375 e. The summed E-state index contributed by atoms with van der Waals surface area (Å²) in [5, 5.41) is 13.1. The van der Waals surface area contributed by atoms with Crippen LogP contribution in [-0.2, 0) is 0 Å². The molecule has 0 aliphatic rings. The molecule has 1 heterocycles. The van der Waals surface area contributed by atoms with E-state index in [-0.39, 0.29) is 5.82 Å². The number of carbonyl (C=O) groups is 1. The zero-order valence-electron chi connectivity index (χ0n) is 8.38. The van der Waals surface area contributed by atoms with E-state index in [0.717, 1.165) is 0 Å². The van der Waals surface area contributed by atoms with Crippen molar-refractivity contribution in [2.75, 3.05) is 0 Å². The Morgan fingerprint density at radius 3 is 2.69 bits per heavy atom. The molecule has 0 bridgehead atoms. The fraction of sp³-hybridized carbons (Fsp3) is 0.100. The number of aromatic nitrogens is 3. The van der Waals surface area contributed by atoms with Crippen LogP contribution in [0.5, 0.6) is 0 Å². The third-order valence-corrected chi connectivity index (χ3v) is 2.36. The van der Waals surface area contributed by atoms with Crippen LogP contribution >= 0.6 is 11.6 Å². The molecule has 16 heavy (non-hydrogen) atoms. The van der Waals surface area contributed by atoms with E-state index in [0.29, 0.717) is 16.5 Å². The summed E-state index contributed by atoms with van der Waals surface area (Å²) in [6, 6.07) is 7.03. The van der Waals surface area contributed by atoms with Crippen LogP contribution in [0.1, 0.15) is 16.4 Å². The van der Waals surface area contributed by atoms with Crippen molar-refractivity contribution >= 4 is 17.6 Å². The molecule has 82 valence electrons. The molecule has 0 amide bonds. The number of halogens is 1. The van der Waals surface area contributed by atoms with Gasteiger partial charge in [0, 0.05) is 0 Å². The lowest BCUT2D eigenvalue weighted by atomic mass is 10.3. The minimum absolute atomic E-state index is 0.239. The first-order valence-electron chi connectivity index (χ1n) is 4.51. The molecule has 0 saturated heterocycles. The van der Waals surface area contributed by atoms with Crippen molar-refractivity contribution in [1.29, 1.82) is 0 Å². The molecule has 0 aliphatic heterocycles. The van der Waals surface area contributed by atoms with Gasteiger partial charge in [0.05, 0.1) is 10.7 Å². The predicted octanol–water partition coefficient (Wildman–Crippen LogP) is 1.93. The van der Waals surface area contributed by atoms with Gasteiger partial charge in [-0.15, -0.1) is 5.10 Å². The van der Waals surface area contributed by atoms with Crippen molar-refractivity contribution in [3.8, 4) is 5.69 Å². The highest BCUT2D eigenvalue weighted by Crippen LogP contribution is 2.19. The minimum atomic E-state index is -1.16. The second-order valence-electron chi connectivity index (χ2n) is 3.15. The zero-order chi connectivity index (χ0) is 11.7. The maximum Gasteiger partial charge on any atom is 0.375 e. The Hall–Kier alpha value is -1.88. The second kappa shape index (κ2) is 3.94. The molecule has 2 rings (SSSR count). The molecule has 6 heteroatoms. The lowest BCUT2D eigenvalue weighted by Gasteiger charge is -2.03. The fourth-order valence-electron chi connectivity index (χ4n) is 1.33. The van der Waals surface area contributed by atoms with Crippen LogP contribution in [-0.4, -0.2) is 25.8 Å². The van der Waals surface area contributed by atoms with Crippen LogP contribution in [0, 0.1) is 6.92 Å². The van der Waals surface area contributed by atoms with Crippen molar-refractivity contribution in [3.05, 3.63) is 40.9 Å². The van der Waals surface area contributed by atoms with Crippen molar-refractivity contribution < 1.29 is 9.90 Å². The van der Waals surface area contributed by atoms with Crippen LogP contribution in [0.3, 0.4) is 0 Å². The van der Waals surface area contributed by atoms with Gasteiger partial charge in [-0.05, 0) is 19.1 Å². The number of nitrogens with zero attached hydrogens (tertiary/aromatic N) is 3. The summed E-state index contributed by atoms with van der Waals surface area (Å²) < 4.78 is 1.41. The van der Waals surface area contributed by atoms with Gasteiger partial charge in [0.25, 0.3) is 5.82 Å². The first-order chi connectivity index (χ1) is 7.59. The number of aryl methyl sites for hydroxylation is 1. The van der Waals surface area contributed by atoms with Crippen molar-refractivity contribution in [3.63, 3.8) is 0 Å². The summed E-state index contributed by atoms with van der Waals surface area (Å²) in [7, 11) is 0. The van der Waals surface area contributed by atoms with Gasteiger partial charge < -0.3 is 5.11 Å². The maximum absolute atomic E-state index is 10.7. The van der Waals surface area contributed by atoms with Gasteiger partial charge in [-0.2, -0.15) is 0 Å². The Labute approximate surface area is 96.3 Å². The summed E-state index contributed by atoms with van der Waals surface area (Å²) >= 11 is 5.98. The van der Waals surface area contributed by atoms with Gasteiger partial charge in [0.15, 0.2) is 0 Å². The van der Waals surface area contributed by atoms with Gasteiger partial charge in [-0.25, -0.2) is 14.5 Å². The Morgan fingerprint density at radius 2 is 2.12 bits per heavy atom. The molecule has 2 aromatic rings. The minimum Gasteiger partial charge on any atom is -0.475 e. The average molecular weight is 238 g/mol. The highest BCUT2D eigenvalue weighted by atomic mass is 35.5. The predicted molar refractivity (Wildman–Crippen MR) is 58.1 cm³/mol. The molecule has 0 fully saturated rings. The number of hydrogen-bond donors (Lipinski definition) is 1.